The van der Waals surface area contributed by atoms with Gasteiger partial charge in [-0.3, -0.25) is 0 Å². The highest BCUT2D eigenvalue weighted by Gasteiger charge is 2.21. The molecule has 0 aliphatic carbocycles. The number of hydrogen-bond donors (Lipinski definition) is 0. The summed E-state index contributed by atoms with van der Waals surface area (Å²) in [6, 6.07) is 12.9. The molecule has 1 fully saturated rings. The zero-order valence-corrected chi connectivity index (χ0v) is 15.4. The molecule has 1 aromatic carbocycles. The Balaban J connectivity index is 1.40. The molecule has 1 aliphatic heterocycles. The highest BCUT2D eigenvalue weighted by molar-refractivity contribution is 5.89. The zero-order chi connectivity index (χ0) is 19.3. The van der Waals surface area contributed by atoms with Gasteiger partial charge in [0.2, 0.25) is 5.89 Å². The maximum atomic E-state index is 12.4. The number of morpholine rings is 1. The van der Waals surface area contributed by atoms with E-state index in [1.54, 1.807) is 13.0 Å². The van der Waals surface area contributed by atoms with Gasteiger partial charge in [-0.15, -0.1) is 10.2 Å². The number of benzene rings is 1. The summed E-state index contributed by atoms with van der Waals surface area (Å²) in [4.78, 5) is 18.9. The molecule has 1 unspecified atom stereocenters. The van der Waals surface area contributed by atoms with Crippen molar-refractivity contribution in [1.82, 2.24) is 15.2 Å². The lowest BCUT2D eigenvalue weighted by molar-refractivity contribution is 0.0279. The maximum Gasteiger partial charge on any atom is 0.340 e. The van der Waals surface area contributed by atoms with E-state index in [-0.39, 0.29) is 5.89 Å². The number of ether oxygens (including phenoxy) is 2. The summed E-state index contributed by atoms with van der Waals surface area (Å²) in [6.45, 7) is 4.62. The van der Waals surface area contributed by atoms with Crippen molar-refractivity contribution in [3.8, 4) is 11.5 Å². The fourth-order valence-corrected chi connectivity index (χ4v) is 2.86. The van der Waals surface area contributed by atoms with Crippen molar-refractivity contribution in [2.24, 2.45) is 0 Å². The molecule has 8 heteroatoms. The van der Waals surface area contributed by atoms with Gasteiger partial charge in [0.15, 0.2) is 6.10 Å². The Morgan fingerprint density at radius 1 is 1.11 bits per heavy atom. The van der Waals surface area contributed by atoms with Crippen LogP contribution in [-0.4, -0.2) is 47.5 Å². The van der Waals surface area contributed by atoms with Gasteiger partial charge in [-0.05, 0) is 31.2 Å². The Bertz CT molecular complexity index is 921. The summed E-state index contributed by atoms with van der Waals surface area (Å²) in [7, 11) is 0. The second-order valence-corrected chi connectivity index (χ2v) is 6.36. The number of pyridine rings is 1. The lowest BCUT2D eigenvalue weighted by Gasteiger charge is -2.27. The minimum Gasteiger partial charge on any atom is -0.449 e. The quantitative estimate of drug-likeness (QED) is 0.624. The second kappa shape index (κ2) is 8.18. The van der Waals surface area contributed by atoms with Crippen LogP contribution in [0.5, 0.6) is 0 Å². The Morgan fingerprint density at radius 2 is 1.89 bits per heavy atom. The van der Waals surface area contributed by atoms with Gasteiger partial charge in [-0.2, -0.15) is 0 Å². The molecular formula is C20H20N4O4. The SMILES string of the molecule is CC(OC(=O)c1ccc(N2CCOCC2)nc1)c1nnc(-c2ccccc2)o1. The van der Waals surface area contributed by atoms with Gasteiger partial charge < -0.3 is 18.8 Å². The van der Waals surface area contributed by atoms with Gasteiger partial charge >= 0.3 is 5.97 Å². The third kappa shape index (κ3) is 4.01. The Hall–Kier alpha value is -3.26. The lowest BCUT2D eigenvalue weighted by atomic mass is 10.2. The Morgan fingerprint density at radius 3 is 2.61 bits per heavy atom. The van der Waals surface area contributed by atoms with Crippen molar-refractivity contribution in [1.29, 1.82) is 0 Å². The van der Waals surface area contributed by atoms with Gasteiger partial charge in [0.05, 0.1) is 18.8 Å². The van der Waals surface area contributed by atoms with Crippen LogP contribution in [0.2, 0.25) is 0 Å². The van der Waals surface area contributed by atoms with Crippen LogP contribution < -0.4 is 4.90 Å². The smallest absolute Gasteiger partial charge is 0.340 e. The van der Waals surface area contributed by atoms with Gasteiger partial charge in [0.25, 0.3) is 5.89 Å². The molecule has 3 aromatic rings. The first-order valence-corrected chi connectivity index (χ1v) is 9.09. The van der Waals surface area contributed by atoms with Gasteiger partial charge in [-0.25, -0.2) is 9.78 Å². The molecule has 1 aliphatic rings. The van der Waals surface area contributed by atoms with E-state index in [4.69, 9.17) is 13.9 Å². The van der Waals surface area contributed by atoms with E-state index in [0.29, 0.717) is 24.7 Å². The summed E-state index contributed by atoms with van der Waals surface area (Å²) < 4.78 is 16.4. The first-order valence-electron chi connectivity index (χ1n) is 9.09. The topological polar surface area (TPSA) is 90.6 Å². The van der Waals surface area contributed by atoms with Crippen LogP contribution in [0.3, 0.4) is 0 Å². The van der Waals surface area contributed by atoms with Crippen molar-refractivity contribution >= 4 is 11.8 Å². The van der Waals surface area contributed by atoms with Crippen LogP contribution in [0, 0.1) is 0 Å². The lowest BCUT2D eigenvalue weighted by Crippen LogP contribution is -2.36. The molecule has 0 radical (unpaired) electrons. The van der Waals surface area contributed by atoms with Crippen LogP contribution in [0.15, 0.2) is 53.1 Å². The molecule has 28 heavy (non-hydrogen) atoms. The van der Waals surface area contributed by atoms with E-state index in [1.807, 2.05) is 36.4 Å². The zero-order valence-electron chi connectivity index (χ0n) is 15.4. The molecular weight excluding hydrogens is 360 g/mol. The molecule has 1 saturated heterocycles. The second-order valence-electron chi connectivity index (χ2n) is 6.36. The maximum absolute atomic E-state index is 12.4. The highest BCUT2D eigenvalue weighted by atomic mass is 16.6. The molecule has 0 N–H and O–H groups in total. The highest BCUT2D eigenvalue weighted by Crippen LogP contribution is 2.23. The predicted octanol–water partition coefficient (Wildman–Crippen LogP) is 2.89. The first kappa shape index (κ1) is 18.1. The number of esters is 1. The molecule has 144 valence electrons. The third-order valence-electron chi connectivity index (χ3n) is 4.41. The summed E-state index contributed by atoms with van der Waals surface area (Å²) in [5, 5.41) is 8.00. The van der Waals surface area contributed by atoms with Crippen LogP contribution in [0.4, 0.5) is 5.82 Å². The molecule has 3 heterocycles. The van der Waals surface area contributed by atoms with Crippen molar-refractivity contribution in [3.05, 3.63) is 60.1 Å². The van der Waals surface area contributed by atoms with Crippen LogP contribution in [0.25, 0.3) is 11.5 Å². The largest absolute Gasteiger partial charge is 0.449 e. The van der Waals surface area contributed by atoms with Crippen LogP contribution in [-0.2, 0) is 9.47 Å². The average molecular weight is 380 g/mol. The molecule has 8 nitrogen and oxygen atoms in total. The monoisotopic (exact) mass is 380 g/mol. The average Bonchev–Trinajstić information content (AvgIpc) is 3.26. The third-order valence-corrected chi connectivity index (χ3v) is 4.41. The number of carbonyl (C=O) groups excluding carboxylic acids is 1. The molecule has 2 aromatic heterocycles. The number of carbonyl (C=O) groups is 1. The molecule has 0 saturated carbocycles. The van der Waals surface area contributed by atoms with E-state index in [0.717, 1.165) is 24.5 Å². The number of aromatic nitrogens is 3. The molecule has 0 bridgehead atoms. The van der Waals surface area contributed by atoms with E-state index >= 15 is 0 Å². The normalized spacial score (nSPS) is 15.2. The number of anilines is 1. The number of hydrogen-bond acceptors (Lipinski definition) is 8. The van der Waals surface area contributed by atoms with E-state index in [9.17, 15) is 4.79 Å². The van der Waals surface area contributed by atoms with Crippen LogP contribution in [0.1, 0.15) is 29.3 Å². The summed E-state index contributed by atoms with van der Waals surface area (Å²) in [5.74, 6) is 0.949. The van der Waals surface area contributed by atoms with Gasteiger partial charge in [0.1, 0.15) is 5.82 Å². The minimum absolute atomic E-state index is 0.241. The van der Waals surface area contributed by atoms with Crippen molar-refractivity contribution in [2.45, 2.75) is 13.0 Å². The van der Waals surface area contributed by atoms with Crippen molar-refractivity contribution in [2.75, 3.05) is 31.2 Å². The number of rotatable bonds is 5. The Kier molecular flexibility index (Phi) is 5.29. The summed E-state index contributed by atoms with van der Waals surface area (Å²) >= 11 is 0. The summed E-state index contributed by atoms with van der Waals surface area (Å²) in [5.41, 5.74) is 1.18. The number of nitrogens with zero attached hydrogens (tertiary/aromatic N) is 4. The van der Waals surface area contributed by atoms with Crippen molar-refractivity contribution < 1.29 is 18.7 Å². The molecule has 0 spiro atoms. The summed E-state index contributed by atoms with van der Waals surface area (Å²) in [6.07, 6.45) is 0.847. The molecule has 1 atom stereocenters. The van der Waals surface area contributed by atoms with E-state index in [1.165, 1.54) is 6.20 Å². The van der Waals surface area contributed by atoms with Gasteiger partial charge in [0, 0.05) is 24.8 Å². The van der Waals surface area contributed by atoms with Crippen molar-refractivity contribution in [3.63, 3.8) is 0 Å². The first-order chi connectivity index (χ1) is 13.7. The predicted molar refractivity (Wildman–Crippen MR) is 101 cm³/mol. The molecule has 4 rings (SSSR count). The fourth-order valence-electron chi connectivity index (χ4n) is 2.86. The van der Waals surface area contributed by atoms with E-state index in [2.05, 4.69) is 20.1 Å². The Labute approximate surface area is 162 Å². The van der Waals surface area contributed by atoms with Gasteiger partial charge in [-0.1, -0.05) is 18.2 Å². The fraction of sp³-hybridized carbons (Fsp3) is 0.300. The van der Waals surface area contributed by atoms with Crippen LogP contribution >= 0.6 is 0 Å². The standard InChI is InChI=1S/C20H20N4O4/c1-14(18-22-23-19(28-18)15-5-3-2-4-6-15)27-20(25)16-7-8-17(21-13-16)24-9-11-26-12-10-24/h2-8,13-14H,9-12H2,1H3. The molecule has 0 amide bonds. The minimum atomic E-state index is -0.670. The van der Waals surface area contributed by atoms with E-state index < -0.39 is 12.1 Å².